The molecule has 0 saturated carbocycles. The number of likely N-dealkylation sites (N-methyl/N-ethyl adjacent to an activating group) is 1. The molecule has 1 aliphatic rings. The van der Waals surface area contributed by atoms with Gasteiger partial charge in [0, 0.05) is 37.6 Å². The van der Waals surface area contributed by atoms with Crippen LogP contribution >= 0.6 is 11.8 Å². The van der Waals surface area contributed by atoms with Crippen LogP contribution in [0.15, 0.2) is 56.7 Å². The van der Waals surface area contributed by atoms with Crippen molar-refractivity contribution in [1.29, 1.82) is 0 Å². The average molecular weight is 399 g/mol. The number of hydrogen-bond donors (Lipinski definition) is 1. The molecule has 0 aliphatic carbocycles. The van der Waals surface area contributed by atoms with Crippen LogP contribution in [0.5, 0.6) is 0 Å². The fourth-order valence-electron chi connectivity index (χ4n) is 2.91. The van der Waals surface area contributed by atoms with Gasteiger partial charge in [-0.15, -0.1) is 10.2 Å². The third kappa shape index (κ3) is 4.55. The van der Waals surface area contributed by atoms with Crippen LogP contribution in [0.3, 0.4) is 0 Å². The molecule has 146 valence electrons. The zero-order valence-electron chi connectivity index (χ0n) is 15.5. The van der Waals surface area contributed by atoms with Gasteiger partial charge in [-0.1, -0.05) is 11.8 Å². The lowest BCUT2D eigenvalue weighted by atomic mass is 10.2. The van der Waals surface area contributed by atoms with Crippen molar-refractivity contribution in [3.05, 3.63) is 42.7 Å². The lowest BCUT2D eigenvalue weighted by molar-refractivity contribution is -0.113. The summed E-state index contributed by atoms with van der Waals surface area (Å²) in [5.74, 6) is 0.853. The molecular formula is C19H21N5O3S. The molecule has 0 spiro atoms. The van der Waals surface area contributed by atoms with Crippen molar-refractivity contribution in [1.82, 2.24) is 15.1 Å². The number of piperazine rings is 1. The molecular weight excluding hydrogens is 378 g/mol. The third-order valence-corrected chi connectivity index (χ3v) is 5.30. The van der Waals surface area contributed by atoms with E-state index in [2.05, 4.69) is 32.4 Å². The first-order valence-corrected chi connectivity index (χ1v) is 9.99. The summed E-state index contributed by atoms with van der Waals surface area (Å²) >= 11 is 1.19. The van der Waals surface area contributed by atoms with E-state index >= 15 is 0 Å². The summed E-state index contributed by atoms with van der Waals surface area (Å²) in [4.78, 5) is 16.9. The van der Waals surface area contributed by atoms with E-state index in [0.717, 1.165) is 31.9 Å². The van der Waals surface area contributed by atoms with Crippen LogP contribution in [-0.4, -0.2) is 60.0 Å². The highest BCUT2D eigenvalue weighted by atomic mass is 32.2. The number of furan rings is 1. The van der Waals surface area contributed by atoms with E-state index in [1.165, 1.54) is 23.7 Å². The molecule has 9 heteroatoms. The minimum absolute atomic E-state index is 0.130. The molecule has 0 atom stereocenters. The first-order chi connectivity index (χ1) is 13.7. The van der Waals surface area contributed by atoms with Gasteiger partial charge in [0.2, 0.25) is 5.91 Å². The standard InChI is InChI=1S/C19H21N5O3S/c1-23-8-10-24(11-9-23)15-6-4-14(5-7-15)20-17(25)13-28-19-22-21-18(27-19)16-3-2-12-26-16/h2-7,12H,8-11,13H2,1H3,(H,20,25). The van der Waals surface area contributed by atoms with Gasteiger partial charge in [0.15, 0.2) is 5.76 Å². The summed E-state index contributed by atoms with van der Waals surface area (Å²) in [6, 6.07) is 11.4. The molecule has 4 rings (SSSR count). The molecule has 1 amide bonds. The van der Waals surface area contributed by atoms with E-state index < -0.39 is 0 Å². The lowest BCUT2D eigenvalue weighted by Gasteiger charge is -2.34. The molecule has 0 unspecified atom stereocenters. The first kappa shape index (κ1) is 18.6. The monoisotopic (exact) mass is 399 g/mol. The summed E-state index contributed by atoms with van der Waals surface area (Å²) in [5, 5.41) is 11.0. The van der Waals surface area contributed by atoms with Crippen molar-refractivity contribution in [2.24, 2.45) is 0 Å². The molecule has 1 aliphatic heterocycles. The number of carbonyl (C=O) groups excluding carboxylic acids is 1. The molecule has 1 saturated heterocycles. The summed E-state index contributed by atoms with van der Waals surface area (Å²) in [6.07, 6.45) is 1.54. The molecule has 0 bridgehead atoms. The highest BCUT2D eigenvalue weighted by Crippen LogP contribution is 2.24. The number of carbonyl (C=O) groups is 1. The van der Waals surface area contributed by atoms with Gasteiger partial charge in [0.25, 0.3) is 11.1 Å². The van der Waals surface area contributed by atoms with Gasteiger partial charge < -0.3 is 24.0 Å². The van der Waals surface area contributed by atoms with Crippen LogP contribution in [-0.2, 0) is 4.79 Å². The van der Waals surface area contributed by atoms with Crippen molar-refractivity contribution in [3.63, 3.8) is 0 Å². The van der Waals surface area contributed by atoms with Gasteiger partial charge in [0.1, 0.15) is 0 Å². The van der Waals surface area contributed by atoms with Crippen LogP contribution in [0.2, 0.25) is 0 Å². The van der Waals surface area contributed by atoms with Crippen molar-refractivity contribution < 1.29 is 13.6 Å². The normalized spacial score (nSPS) is 15.0. The molecule has 1 N–H and O–H groups in total. The fourth-order valence-corrected chi connectivity index (χ4v) is 3.48. The smallest absolute Gasteiger partial charge is 0.284 e. The Morgan fingerprint density at radius 1 is 1.14 bits per heavy atom. The number of aromatic nitrogens is 2. The third-order valence-electron chi connectivity index (χ3n) is 4.48. The Bertz CT molecular complexity index is 902. The average Bonchev–Trinajstić information content (AvgIpc) is 3.39. The zero-order valence-corrected chi connectivity index (χ0v) is 16.3. The van der Waals surface area contributed by atoms with Crippen LogP contribution in [0.25, 0.3) is 11.7 Å². The van der Waals surface area contributed by atoms with Crippen LogP contribution in [0.1, 0.15) is 0 Å². The number of rotatable bonds is 6. The number of nitrogens with zero attached hydrogens (tertiary/aromatic N) is 4. The lowest BCUT2D eigenvalue weighted by Crippen LogP contribution is -2.44. The predicted molar refractivity (Wildman–Crippen MR) is 108 cm³/mol. The molecule has 1 fully saturated rings. The number of nitrogens with one attached hydrogen (secondary N) is 1. The second-order valence-corrected chi connectivity index (χ2v) is 7.45. The van der Waals surface area contributed by atoms with Gasteiger partial charge in [0.05, 0.1) is 12.0 Å². The maximum absolute atomic E-state index is 12.2. The minimum Gasteiger partial charge on any atom is -0.459 e. The van der Waals surface area contributed by atoms with E-state index in [1.807, 2.05) is 24.3 Å². The van der Waals surface area contributed by atoms with Crippen molar-refractivity contribution in [3.8, 4) is 11.7 Å². The fraction of sp³-hybridized carbons (Fsp3) is 0.316. The molecule has 0 radical (unpaired) electrons. The topological polar surface area (TPSA) is 87.6 Å². The molecule has 3 heterocycles. The van der Waals surface area contributed by atoms with Crippen LogP contribution in [0, 0.1) is 0 Å². The SMILES string of the molecule is CN1CCN(c2ccc(NC(=O)CSc3nnc(-c4ccco4)o3)cc2)CC1. The number of thioether (sulfide) groups is 1. The Hall–Kier alpha value is -2.78. The van der Waals surface area contributed by atoms with Crippen LogP contribution < -0.4 is 10.2 Å². The van der Waals surface area contributed by atoms with E-state index in [-0.39, 0.29) is 11.7 Å². The number of hydrogen-bond acceptors (Lipinski definition) is 8. The first-order valence-electron chi connectivity index (χ1n) is 9.01. The highest BCUT2D eigenvalue weighted by molar-refractivity contribution is 7.99. The van der Waals surface area contributed by atoms with Crippen molar-refractivity contribution >= 4 is 29.0 Å². The van der Waals surface area contributed by atoms with Gasteiger partial charge in [-0.05, 0) is 43.4 Å². The van der Waals surface area contributed by atoms with E-state index in [4.69, 9.17) is 8.83 Å². The van der Waals surface area contributed by atoms with E-state index in [0.29, 0.717) is 16.9 Å². The Labute approximate surface area is 166 Å². The van der Waals surface area contributed by atoms with E-state index in [9.17, 15) is 4.79 Å². The maximum Gasteiger partial charge on any atom is 0.284 e. The number of anilines is 2. The van der Waals surface area contributed by atoms with Gasteiger partial charge >= 0.3 is 0 Å². The quantitative estimate of drug-likeness (QED) is 0.633. The molecule has 2 aromatic heterocycles. The maximum atomic E-state index is 12.2. The Kier molecular flexibility index (Phi) is 5.63. The molecule has 3 aromatic rings. The van der Waals surface area contributed by atoms with Crippen LogP contribution in [0.4, 0.5) is 11.4 Å². The summed E-state index contributed by atoms with van der Waals surface area (Å²) < 4.78 is 10.7. The van der Waals surface area contributed by atoms with Gasteiger partial charge in [-0.3, -0.25) is 4.79 Å². The minimum atomic E-state index is -0.130. The number of amides is 1. The van der Waals surface area contributed by atoms with Gasteiger partial charge in [-0.25, -0.2) is 0 Å². The summed E-state index contributed by atoms with van der Waals surface area (Å²) in [7, 11) is 2.14. The summed E-state index contributed by atoms with van der Waals surface area (Å²) in [5.41, 5.74) is 1.95. The second-order valence-electron chi connectivity index (χ2n) is 6.52. The summed E-state index contributed by atoms with van der Waals surface area (Å²) in [6.45, 7) is 4.16. The Balaban J connectivity index is 1.27. The molecule has 28 heavy (non-hydrogen) atoms. The number of benzene rings is 1. The van der Waals surface area contributed by atoms with E-state index in [1.54, 1.807) is 12.1 Å². The Morgan fingerprint density at radius 2 is 1.93 bits per heavy atom. The molecule has 1 aromatic carbocycles. The molecule has 8 nitrogen and oxygen atoms in total. The second kappa shape index (κ2) is 8.49. The largest absolute Gasteiger partial charge is 0.459 e. The predicted octanol–water partition coefficient (Wildman–Crippen LogP) is 2.81. The Morgan fingerprint density at radius 3 is 2.64 bits per heavy atom. The van der Waals surface area contributed by atoms with Crippen molar-refractivity contribution in [2.45, 2.75) is 5.22 Å². The van der Waals surface area contributed by atoms with Gasteiger partial charge in [-0.2, -0.15) is 0 Å². The van der Waals surface area contributed by atoms with Crippen molar-refractivity contribution in [2.75, 3.05) is 49.2 Å². The zero-order chi connectivity index (χ0) is 19.3. The highest BCUT2D eigenvalue weighted by Gasteiger charge is 2.15.